The molecule has 0 aliphatic carbocycles. The molecule has 1 saturated heterocycles. The predicted octanol–water partition coefficient (Wildman–Crippen LogP) is 3.29. The van der Waals surface area contributed by atoms with E-state index in [1.54, 1.807) is 12.4 Å². The van der Waals surface area contributed by atoms with Crippen molar-refractivity contribution >= 4 is 16.8 Å². The summed E-state index contributed by atoms with van der Waals surface area (Å²) in [5.74, 6) is 0.481. The third-order valence-corrected chi connectivity index (χ3v) is 4.84. The van der Waals surface area contributed by atoms with E-state index < -0.39 is 0 Å². The molecule has 1 aliphatic rings. The number of rotatable bonds is 2. The number of hydrogen-bond donors (Lipinski definition) is 1. The lowest BCUT2D eigenvalue weighted by Gasteiger charge is -2.31. The van der Waals surface area contributed by atoms with Crippen LogP contribution in [0.1, 0.15) is 40.5 Å². The molecule has 0 saturated carbocycles. The fourth-order valence-corrected chi connectivity index (χ4v) is 3.49. The molecule has 1 aliphatic heterocycles. The summed E-state index contributed by atoms with van der Waals surface area (Å²) in [5.41, 5.74) is 3.81. The number of amides is 1. The van der Waals surface area contributed by atoms with Gasteiger partial charge in [0.1, 0.15) is 5.69 Å². The van der Waals surface area contributed by atoms with Crippen LogP contribution in [0.25, 0.3) is 10.9 Å². The molecule has 0 unspecified atom stereocenters. The van der Waals surface area contributed by atoms with Crippen LogP contribution in [0.3, 0.4) is 0 Å². The Labute approximate surface area is 140 Å². The number of aromatic nitrogens is 3. The standard InChI is InChI=1S/C19H20N4O/c1-13-10-21-18(12-20-13)19(24)23-8-6-14(7-9-23)16-11-22-17-5-3-2-4-15(16)17/h2-5,10-12,14,22H,6-9H2,1H3. The minimum Gasteiger partial charge on any atom is -0.361 e. The summed E-state index contributed by atoms with van der Waals surface area (Å²) in [6, 6.07) is 8.40. The number of nitrogens with one attached hydrogen (secondary N) is 1. The average molecular weight is 320 g/mol. The molecule has 0 bridgehead atoms. The summed E-state index contributed by atoms with van der Waals surface area (Å²) in [5, 5.41) is 1.30. The highest BCUT2D eigenvalue weighted by Crippen LogP contribution is 2.33. The number of nitrogens with zero attached hydrogens (tertiary/aromatic N) is 3. The summed E-state index contributed by atoms with van der Waals surface area (Å²) in [4.78, 5) is 26.2. The molecule has 1 fully saturated rings. The minimum atomic E-state index is -0.0140. The van der Waals surface area contributed by atoms with Crippen molar-refractivity contribution in [3.63, 3.8) is 0 Å². The van der Waals surface area contributed by atoms with Crippen LogP contribution < -0.4 is 0 Å². The van der Waals surface area contributed by atoms with E-state index in [-0.39, 0.29) is 5.91 Å². The van der Waals surface area contributed by atoms with E-state index >= 15 is 0 Å². The van der Waals surface area contributed by atoms with Crippen LogP contribution in [0.2, 0.25) is 0 Å². The second-order valence-electron chi connectivity index (χ2n) is 6.40. The van der Waals surface area contributed by atoms with E-state index in [1.807, 2.05) is 17.9 Å². The van der Waals surface area contributed by atoms with Crippen molar-refractivity contribution in [3.8, 4) is 0 Å². The van der Waals surface area contributed by atoms with Crippen LogP contribution in [0.4, 0.5) is 0 Å². The zero-order valence-electron chi connectivity index (χ0n) is 13.7. The van der Waals surface area contributed by atoms with Crippen LogP contribution >= 0.6 is 0 Å². The summed E-state index contributed by atoms with van der Waals surface area (Å²) >= 11 is 0. The molecule has 0 atom stereocenters. The smallest absolute Gasteiger partial charge is 0.274 e. The fourth-order valence-electron chi connectivity index (χ4n) is 3.49. The topological polar surface area (TPSA) is 61.9 Å². The van der Waals surface area contributed by atoms with Gasteiger partial charge in [-0.25, -0.2) is 4.98 Å². The third-order valence-electron chi connectivity index (χ3n) is 4.84. The summed E-state index contributed by atoms with van der Waals surface area (Å²) in [6.07, 6.45) is 7.30. The van der Waals surface area contributed by atoms with E-state index in [9.17, 15) is 4.79 Å². The Morgan fingerprint density at radius 1 is 1.17 bits per heavy atom. The average Bonchev–Trinajstić information content (AvgIpc) is 3.06. The van der Waals surface area contributed by atoms with E-state index in [1.165, 1.54) is 16.5 Å². The number of H-pyrrole nitrogens is 1. The molecule has 1 N–H and O–H groups in total. The van der Waals surface area contributed by atoms with Crippen molar-refractivity contribution < 1.29 is 4.79 Å². The van der Waals surface area contributed by atoms with E-state index in [4.69, 9.17) is 0 Å². The zero-order chi connectivity index (χ0) is 16.5. The lowest BCUT2D eigenvalue weighted by atomic mass is 9.89. The van der Waals surface area contributed by atoms with Gasteiger partial charge in [-0.15, -0.1) is 0 Å². The number of carbonyl (C=O) groups excluding carboxylic acids is 1. The molecule has 122 valence electrons. The van der Waals surface area contributed by atoms with Gasteiger partial charge in [-0.1, -0.05) is 18.2 Å². The Kier molecular flexibility index (Phi) is 3.76. The third kappa shape index (κ3) is 2.66. The Balaban J connectivity index is 1.47. The Bertz CT molecular complexity index is 860. The maximum atomic E-state index is 12.5. The van der Waals surface area contributed by atoms with Crippen LogP contribution in [0.5, 0.6) is 0 Å². The molecule has 24 heavy (non-hydrogen) atoms. The molecule has 4 rings (SSSR count). The molecule has 0 radical (unpaired) electrons. The summed E-state index contributed by atoms with van der Waals surface area (Å²) in [7, 11) is 0. The van der Waals surface area contributed by atoms with Crippen LogP contribution in [-0.4, -0.2) is 38.8 Å². The number of piperidine rings is 1. The van der Waals surface area contributed by atoms with Crippen molar-refractivity contribution in [1.29, 1.82) is 0 Å². The first-order chi connectivity index (χ1) is 11.7. The van der Waals surface area contributed by atoms with Crippen molar-refractivity contribution in [3.05, 3.63) is 59.8 Å². The highest BCUT2D eigenvalue weighted by molar-refractivity contribution is 5.92. The van der Waals surface area contributed by atoms with E-state index in [0.717, 1.165) is 31.6 Å². The van der Waals surface area contributed by atoms with Gasteiger partial charge >= 0.3 is 0 Å². The van der Waals surface area contributed by atoms with Crippen LogP contribution in [-0.2, 0) is 0 Å². The molecular formula is C19H20N4O. The number of hydrogen-bond acceptors (Lipinski definition) is 3. The van der Waals surface area contributed by atoms with Crippen LogP contribution in [0.15, 0.2) is 42.9 Å². The number of para-hydroxylation sites is 1. The molecule has 1 amide bonds. The second kappa shape index (κ2) is 6.07. The first-order valence-corrected chi connectivity index (χ1v) is 8.36. The number of aromatic amines is 1. The molecule has 5 nitrogen and oxygen atoms in total. The van der Waals surface area contributed by atoms with Crippen molar-refractivity contribution in [2.24, 2.45) is 0 Å². The second-order valence-corrected chi connectivity index (χ2v) is 6.40. The van der Waals surface area contributed by atoms with Gasteiger partial charge in [0, 0.05) is 36.4 Å². The van der Waals surface area contributed by atoms with Gasteiger partial charge in [0.2, 0.25) is 0 Å². The van der Waals surface area contributed by atoms with Gasteiger partial charge in [0.05, 0.1) is 11.9 Å². The molecule has 5 heteroatoms. The van der Waals surface area contributed by atoms with Gasteiger partial charge < -0.3 is 9.88 Å². The first kappa shape index (κ1) is 14.9. The number of aryl methyl sites for hydroxylation is 1. The largest absolute Gasteiger partial charge is 0.361 e. The number of benzene rings is 1. The van der Waals surface area contributed by atoms with E-state index in [2.05, 4.69) is 39.3 Å². The van der Waals surface area contributed by atoms with Crippen molar-refractivity contribution in [2.45, 2.75) is 25.7 Å². The SMILES string of the molecule is Cc1cnc(C(=O)N2CCC(c3c[nH]c4ccccc34)CC2)cn1. The molecule has 2 aromatic heterocycles. The minimum absolute atomic E-state index is 0.0140. The maximum absolute atomic E-state index is 12.5. The maximum Gasteiger partial charge on any atom is 0.274 e. The van der Waals surface area contributed by atoms with Crippen molar-refractivity contribution in [1.82, 2.24) is 19.9 Å². The lowest BCUT2D eigenvalue weighted by molar-refractivity contribution is 0.0707. The normalized spacial score (nSPS) is 15.8. The lowest BCUT2D eigenvalue weighted by Crippen LogP contribution is -2.38. The molecule has 1 aromatic carbocycles. The van der Waals surface area contributed by atoms with Gasteiger partial charge in [-0.3, -0.25) is 9.78 Å². The first-order valence-electron chi connectivity index (χ1n) is 8.36. The number of carbonyl (C=O) groups is 1. The molecule has 0 spiro atoms. The van der Waals surface area contributed by atoms with Gasteiger partial charge in [-0.05, 0) is 37.3 Å². The molecular weight excluding hydrogens is 300 g/mol. The van der Waals surface area contributed by atoms with Crippen LogP contribution in [0, 0.1) is 6.92 Å². The van der Waals surface area contributed by atoms with Gasteiger partial charge in [0.15, 0.2) is 0 Å². The van der Waals surface area contributed by atoms with Gasteiger partial charge in [-0.2, -0.15) is 0 Å². The Hall–Kier alpha value is -2.69. The van der Waals surface area contributed by atoms with E-state index in [0.29, 0.717) is 11.6 Å². The predicted molar refractivity (Wildman–Crippen MR) is 92.9 cm³/mol. The molecule has 3 aromatic rings. The summed E-state index contributed by atoms with van der Waals surface area (Å²) < 4.78 is 0. The quantitative estimate of drug-likeness (QED) is 0.788. The fraction of sp³-hybridized carbons (Fsp3) is 0.316. The highest BCUT2D eigenvalue weighted by Gasteiger charge is 2.26. The highest BCUT2D eigenvalue weighted by atomic mass is 16.2. The number of fused-ring (bicyclic) bond motifs is 1. The number of likely N-dealkylation sites (tertiary alicyclic amines) is 1. The van der Waals surface area contributed by atoms with Gasteiger partial charge in [0.25, 0.3) is 5.91 Å². The Morgan fingerprint density at radius 2 is 1.96 bits per heavy atom. The molecule has 3 heterocycles. The summed E-state index contributed by atoms with van der Waals surface area (Å²) in [6.45, 7) is 3.39. The zero-order valence-corrected chi connectivity index (χ0v) is 13.7. The van der Waals surface area contributed by atoms with Crippen molar-refractivity contribution in [2.75, 3.05) is 13.1 Å². The Morgan fingerprint density at radius 3 is 2.71 bits per heavy atom. The monoisotopic (exact) mass is 320 g/mol.